The molecule has 5 nitrogen and oxygen atoms in total. The number of hydrogen-bond donors (Lipinski definition) is 2. The second kappa shape index (κ2) is 5.02. The zero-order valence-corrected chi connectivity index (χ0v) is 10.3. The normalized spacial score (nSPS) is 30.8. The first kappa shape index (κ1) is 11.6. The molecule has 3 atom stereocenters. The lowest BCUT2D eigenvalue weighted by atomic mass is 9.85. The van der Waals surface area contributed by atoms with Crippen LogP contribution in [-0.2, 0) is 4.79 Å². The van der Waals surface area contributed by atoms with E-state index in [9.17, 15) is 4.79 Å². The zero-order valence-electron chi connectivity index (χ0n) is 10.3. The molecule has 1 aromatic rings. The first-order valence-electron chi connectivity index (χ1n) is 6.65. The summed E-state index contributed by atoms with van der Waals surface area (Å²) in [6.07, 6.45) is 10.7. The highest BCUT2D eigenvalue weighted by molar-refractivity contribution is 5.94. The van der Waals surface area contributed by atoms with Gasteiger partial charge in [0.15, 0.2) is 0 Å². The van der Waals surface area contributed by atoms with Gasteiger partial charge < -0.3 is 10.6 Å². The summed E-state index contributed by atoms with van der Waals surface area (Å²) in [4.78, 5) is 19.9. The summed E-state index contributed by atoms with van der Waals surface area (Å²) in [5.74, 6) is 0.723. The quantitative estimate of drug-likeness (QED) is 0.826. The molecular weight excluding hydrogens is 228 g/mol. The fraction of sp³-hybridized carbons (Fsp3) is 0.615. The second-order valence-electron chi connectivity index (χ2n) is 5.22. The highest BCUT2D eigenvalue weighted by Gasteiger charge is 2.38. The molecule has 2 N–H and O–H groups in total. The Bertz CT molecular complexity index is 408. The van der Waals surface area contributed by atoms with Crippen LogP contribution in [0.4, 0.5) is 5.69 Å². The van der Waals surface area contributed by atoms with Crippen LogP contribution in [0.2, 0.25) is 0 Å². The number of rotatable bonds is 2. The topological polar surface area (TPSA) is 66.9 Å². The van der Waals surface area contributed by atoms with Crippen LogP contribution in [0.1, 0.15) is 32.1 Å². The number of nitrogens with zero attached hydrogens (tertiary/aromatic N) is 2. The van der Waals surface area contributed by atoms with Crippen molar-refractivity contribution in [1.29, 1.82) is 0 Å². The highest BCUT2D eigenvalue weighted by Crippen LogP contribution is 2.33. The summed E-state index contributed by atoms with van der Waals surface area (Å²) in [5, 5.41) is 6.33. The van der Waals surface area contributed by atoms with Crippen LogP contribution in [0, 0.1) is 5.92 Å². The number of carbonyl (C=O) groups is 1. The number of anilines is 1. The average Bonchev–Trinajstić information content (AvgIpc) is 2.84. The van der Waals surface area contributed by atoms with E-state index in [1.165, 1.54) is 32.0 Å². The van der Waals surface area contributed by atoms with Crippen molar-refractivity contribution in [3.63, 3.8) is 0 Å². The highest BCUT2D eigenvalue weighted by atomic mass is 16.2. The van der Waals surface area contributed by atoms with E-state index >= 15 is 0 Å². The number of fused-ring (bicyclic) bond motifs is 1. The maximum atomic E-state index is 12.1. The molecule has 0 radical (unpaired) electrons. The van der Waals surface area contributed by atoms with E-state index in [4.69, 9.17) is 0 Å². The molecule has 0 spiro atoms. The van der Waals surface area contributed by atoms with Gasteiger partial charge in [0, 0.05) is 6.04 Å². The molecule has 96 valence electrons. The van der Waals surface area contributed by atoms with Crippen molar-refractivity contribution in [2.24, 2.45) is 5.92 Å². The van der Waals surface area contributed by atoms with Crippen LogP contribution < -0.4 is 10.6 Å². The number of hydrogen-bond acceptors (Lipinski definition) is 4. The first-order chi connectivity index (χ1) is 8.83. The Morgan fingerprint density at radius 3 is 2.83 bits per heavy atom. The third-order valence-electron chi connectivity index (χ3n) is 4.01. The molecule has 1 aromatic heterocycles. The minimum absolute atomic E-state index is 0.0409. The molecule has 5 heteroatoms. The van der Waals surface area contributed by atoms with Gasteiger partial charge in [-0.1, -0.05) is 12.8 Å². The van der Waals surface area contributed by atoms with Crippen LogP contribution in [-0.4, -0.2) is 28.0 Å². The molecule has 1 saturated carbocycles. The van der Waals surface area contributed by atoms with Gasteiger partial charge in [-0.15, -0.1) is 0 Å². The lowest BCUT2D eigenvalue weighted by Gasteiger charge is -2.24. The molecule has 1 aliphatic heterocycles. The van der Waals surface area contributed by atoms with E-state index in [-0.39, 0.29) is 11.9 Å². The Hall–Kier alpha value is -1.49. The van der Waals surface area contributed by atoms with E-state index in [1.54, 1.807) is 12.4 Å². The molecule has 1 amide bonds. The van der Waals surface area contributed by atoms with Crippen LogP contribution in [0.15, 0.2) is 18.7 Å². The second-order valence-corrected chi connectivity index (χ2v) is 5.22. The minimum atomic E-state index is -0.0571. The van der Waals surface area contributed by atoms with Crippen molar-refractivity contribution in [2.45, 2.75) is 44.2 Å². The third-order valence-corrected chi connectivity index (χ3v) is 4.01. The maximum absolute atomic E-state index is 12.1. The van der Waals surface area contributed by atoms with Gasteiger partial charge in [0.05, 0.1) is 24.1 Å². The van der Waals surface area contributed by atoms with E-state index < -0.39 is 0 Å². The monoisotopic (exact) mass is 246 g/mol. The fourth-order valence-corrected chi connectivity index (χ4v) is 3.11. The van der Waals surface area contributed by atoms with Crippen molar-refractivity contribution in [3.8, 4) is 0 Å². The van der Waals surface area contributed by atoms with Gasteiger partial charge in [-0.2, -0.15) is 0 Å². The first-order valence-corrected chi connectivity index (χ1v) is 6.65. The lowest BCUT2D eigenvalue weighted by Crippen LogP contribution is -2.39. The van der Waals surface area contributed by atoms with Gasteiger partial charge in [0.1, 0.15) is 6.33 Å². The minimum Gasteiger partial charge on any atom is -0.322 e. The van der Waals surface area contributed by atoms with Crippen LogP contribution in [0.3, 0.4) is 0 Å². The Labute approximate surface area is 106 Å². The molecule has 2 aliphatic rings. The number of aromatic nitrogens is 2. The Morgan fingerprint density at radius 1 is 1.28 bits per heavy atom. The fourth-order valence-electron chi connectivity index (χ4n) is 3.11. The van der Waals surface area contributed by atoms with Gasteiger partial charge in [0.2, 0.25) is 5.91 Å². The molecule has 18 heavy (non-hydrogen) atoms. The lowest BCUT2D eigenvalue weighted by molar-refractivity contribution is -0.117. The largest absolute Gasteiger partial charge is 0.322 e. The summed E-state index contributed by atoms with van der Waals surface area (Å²) >= 11 is 0. The van der Waals surface area contributed by atoms with E-state index in [0.717, 1.165) is 6.42 Å². The smallest absolute Gasteiger partial charge is 0.241 e. The number of carbonyl (C=O) groups excluding carboxylic acids is 1. The SMILES string of the molecule is O=C(Nc1cncnc1)C1CC2CCCCC2N1. The van der Waals surface area contributed by atoms with Gasteiger partial charge >= 0.3 is 0 Å². The van der Waals surface area contributed by atoms with E-state index in [0.29, 0.717) is 17.6 Å². The molecule has 2 fully saturated rings. The van der Waals surface area contributed by atoms with Crippen molar-refractivity contribution < 1.29 is 4.79 Å². The number of nitrogens with one attached hydrogen (secondary N) is 2. The molecule has 3 rings (SSSR count). The average molecular weight is 246 g/mol. The van der Waals surface area contributed by atoms with Gasteiger partial charge in [-0.25, -0.2) is 9.97 Å². The standard InChI is InChI=1S/C13H18N4O/c18-13(16-10-6-14-8-15-7-10)12-5-9-3-1-2-4-11(9)17-12/h6-9,11-12,17H,1-5H2,(H,16,18). The zero-order chi connectivity index (χ0) is 12.4. The molecule has 3 unspecified atom stereocenters. The molecule has 2 heterocycles. The van der Waals surface area contributed by atoms with Crippen LogP contribution >= 0.6 is 0 Å². The van der Waals surface area contributed by atoms with Gasteiger partial charge in [-0.05, 0) is 25.2 Å². The summed E-state index contributed by atoms with van der Waals surface area (Å²) < 4.78 is 0. The van der Waals surface area contributed by atoms with Crippen molar-refractivity contribution in [3.05, 3.63) is 18.7 Å². The summed E-state index contributed by atoms with van der Waals surface area (Å²) in [7, 11) is 0. The van der Waals surface area contributed by atoms with Crippen molar-refractivity contribution in [1.82, 2.24) is 15.3 Å². The molecule has 1 aliphatic carbocycles. The number of amides is 1. The molecule has 0 bridgehead atoms. The molecule has 0 aromatic carbocycles. The summed E-state index contributed by atoms with van der Waals surface area (Å²) in [6, 6.07) is 0.486. The molecule has 1 saturated heterocycles. The van der Waals surface area contributed by atoms with Crippen molar-refractivity contribution in [2.75, 3.05) is 5.32 Å². The maximum Gasteiger partial charge on any atom is 0.241 e. The Morgan fingerprint density at radius 2 is 2.06 bits per heavy atom. The summed E-state index contributed by atoms with van der Waals surface area (Å²) in [6.45, 7) is 0. The van der Waals surface area contributed by atoms with Crippen molar-refractivity contribution >= 4 is 11.6 Å². The Balaban J connectivity index is 1.60. The van der Waals surface area contributed by atoms with Crippen LogP contribution in [0.25, 0.3) is 0 Å². The predicted octanol–water partition coefficient (Wildman–Crippen LogP) is 1.34. The summed E-state index contributed by atoms with van der Waals surface area (Å²) in [5.41, 5.74) is 0.666. The van der Waals surface area contributed by atoms with E-state index in [2.05, 4.69) is 20.6 Å². The van der Waals surface area contributed by atoms with Crippen LogP contribution in [0.5, 0.6) is 0 Å². The predicted molar refractivity (Wildman–Crippen MR) is 67.9 cm³/mol. The van der Waals surface area contributed by atoms with Gasteiger partial charge in [0.25, 0.3) is 0 Å². The Kier molecular flexibility index (Phi) is 3.23. The van der Waals surface area contributed by atoms with Gasteiger partial charge in [-0.3, -0.25) is 4.79 Å². The van der Waals surface area contributed by atoms with E-state index in [1.807, 2.05) is 0 Å². The third kappa shape index (κ3) is 2.36. The molecular formula is C13H18N4O.